The topological polar surface area (TPSA) is 55.5 Å². The van der Waals surface area contributed by atoms with Gasteiger partial charge < -0.3 is 28.0 Å². The number of nitrogens with two attached hydrogens (primary N) is 1. The maximum absolute atomic E-state index is 9.36. The lowest BCUT2D eigenvalue weighted by Gasteiger charge is -2.08. The lowest BCUT2D eigenvalue weighted by atomic mass is 10.1. The van der Waals surface area contributed by atoms with Gasteiger partial charge in [0.1, 0.15) is 0 Å². The van der Waals surface area contributed by atoms with Gasteiger partial charge in [-0.2, -0.15) is 0 Å². The van der Waals surface area contributed by atoms with Crippen molar-refractivity contribution in [3.8, 4) is 11.5 Å². The molecule has 4 heteroatoms. The van der Waals surface area contributed by atoms with Crippen molar-refractivity contribution in [1.29, 1.82) is 0 Å². The first-order chi connectivity index (χ1) is 6.63. The Balaban J connectivity index is 0.00000196. The van der Waals surface area contributed by atoms with Crippen molar-refractivity contribution in [3.63, 3.8) is 0 Å². The molecular weight excluding hydrogens is 214 g/mol. The Morgan fingerprint density at radius 1 is 1.47 bits per heavy atom. The Labute approximate surface area is 96.7 Å². The molecule has 1 aromatic carbocycles. The molecule has 0 aliphatic rings. The average molecular weight is 231 g/mol. The van der Waals surface area contributed by atoms with Gasteiger partial charge >= 0.3 is 0 Å². The van der Waals surface area contributed by atoms with Crippen LogP contribution in [-0.4, -0.2) is 18.3 Å². The number of aromatic hydroxyl groups is 1. The van der Waals surface area contributed by atoms with Gasteiger partial charge in [-0.15, -0.1) is 0 Å². The molecule has 0 aliphatic heterocycles. The first-order valence-corrected chi connectivity index (χ1v) is 4.75. The Morgan fingerprint density at radius 2 is 2.13 bits per heavy atom. The molecule has 1 aromatic rings. The summed E-state index contributed by atoms with van der Waals surface area (Å²) in [5.41, 5.74) is 6.80. The molecule has 1 unspecified atom stereocenters. The molecule has 0 saturated heterocycles. The van der Waals surface area contributed by atoms with E-state index in [0.29, 0.717) is 5.75 Å². The third kappa shape index (κ3) is 4.40. The number of aryl methyl sites for hydroxylation is 1. The zero-order valence-electron chi connectivity index (χ0n) is 9.03. The molecule has 0 fully saturated rings. The number of methoxy groups -OCH3 is 1. The molecule has 1 rings (SSSR count). The lowest BCUT2D eigenvalue weighted by Crippen LogP contribution is -3.00. The number of rotatable bonds is 4. The number of phenols is 1. The predicted octanol–water partition coefficient (Wildman–Crippen LogP) is -1.32. The zero-order chi connectivity index (χ0) is 10.6. The van der Waals surface area contributed by atoms with Gasteiger partial charge in [0.05, 0.1) is 7.11 Å². The SMILES string of the molecule is COc1cc(CCC(C)N)ccc1O.[Cl-]. The highest BCUT2D eigenvalue weighted by Gasteiger charge is 2.03. The van der Waals surface area contributed by atoms with Gasteiger partial charge in [-0.3, -0.25) is 0 Å². The van der Waals surface area contributed by atoms with E-state index < -0.39 is 0 Å². The van der Waals surface area contributed by atoms with Crippen molar-refractivity contribution >= 4 is 0 Å². The minimum Gasteiger partial charge on any atom is -1.00 e. The second-order valence-corrected chi connectivity index (χ2v) is 3.52. The molecule has 1 atom stereocenters. The summed E-state index contributed by atoms with van der Waals surface area (Å²) in [5.74, 6) is 0.698. The number of hydrogen-bond donors (Lipinski definition) is 2. The highest BCUT2D eigenvalue weighted by atomic mass is 35.5. The smallest absolute Gasteiger partial charge is 0.160 e. The van der Waals surface area contributed by atoms with Gasteiger partial charge in [0.25, 0.3) is 0 Å². The number of hydrogen-bond acceptors (Lipinski definition) is 3. The van der Waals surface area contributed by atoms with Crippen LogP contribution in [0.4, 0.5) is 0 Å². The minimum atomic E-state index is 0. The lowest BCUT2D eigenvalue weighted by molar-refractivity contribution is -0.00000437. The Morgan fingerprint density at radius 3 is 2.67 bits per heavy atom. The number of phenolic OH excluding ortho intramolecular Hbond substituents is 1. The van der Waals surface area contributed by atoms with E-state index in [2.05, 4.69) is 0 Å². The first-order valence-electron chi connectivity index (χ1n) is 4.75. The predicted molar refractivity (Wildman–Crippen MR) is 56.6 cm³/mol. The van der Waals surface area contributed by atoms with Crippen LogP contribution in [0.5, 0.6) is 11.5 Å². The van der Waals surface area contributed by atoms with Gasteiger partial charge in [0.2, 0.25) is 0 Å². The first kappa shape index (κ1) is 14.1. The van der Waals surface area contributed by atoms with Crippen molar-refractivity contribution in [2.75, 3.05) is 7.11 Å². The second kappa shape index (κ2) is 6.53. The van der Waals surface area contributed by atoms with Crippen LogP contribution in [0.1, 0.15) is 18.9 Å². The van der Waals surface area contributed by atoms with Gasteiger partial charge in [-0.25, -0.2) is 0 Å². The van der Waals surface area contributed by atoms with Crippen molar-refractivity contribution in [2.24, 2.45) is 5.73 Å². The molecule has 86 valence electrons. The maximum Gasteiger partial charge on any atom is 0.160 e. The molecular formula is C11H17ClNO2-. The standard InChI is InChI=1S/C11H17NO2.ClH/c1-8(12)3-4-9-5-6-10(13)11(7-9)14-2;/h5-8,13H,3-4,12H2,1-2H3;1H/p-1. The van der Waals surface area contributed by atoms with E-state index in [1.807, 2.05) is 19.1 Å². The summed E-state index contributed by atoms with van der Waals surface area (Å²) in [6.45, 7) is 1.98. The van der Waals surface area contributed by atoms with Crippen LogP contribution >= 0.6 is 0 Å². The molecule has 0 saturated carbocycles. The van der Waals surface area contributed by atoms with Gasteiger partial charge in [0.15, 0.2) is 11.5 Å². The fourth-order valence-electron chi connectivity index (χ4n) is 1.27. The van der Waals surface area contributed by atoms with E-state index in [1.54, 1.807) is 13.2 Å². The molecule has 0 bridgehead atoms. The van der Waals surface area contributed by atoms with E-state index in [1.165, 1.54) is 0 Å². The Hall–Kier alpha value is -0.930. The zero-order valence-corrected chi connectivity index (χ0v) is 9.79. The number of ether oxygens (including phenoxy) is 1. The van der Waals surface area contributed by atoms with Crippen LogP contribution in [-0.2, 0) is 6.42 Å². The average Bonchev–Trinajstić information content (AvgIpc) is 2.16. The highest BCUT2D eigenvalue weighted by Crippen LogP contribution is 2.26. The largest absolute Gasteiger partial charge is 1.00 e. The van der Waals surface area contributed by atoms with E-state index in [4.69, 9.17) is 10.5 Å². The summed E-state index contributed by atoms with van der Waals surface area (Å²) in [6, 6.07) is 5.59. The van der Waals surface area contributed by atoms with Crippen molar-refractivity contribution in [1.82, 2.24) is 0 Å². The van der Waals surface area contributed by atoms with Crippen LogP contribution in [0.2, 0.25) is 0 Å². The van der Waals surface area contributed by atoms with Crippen molar-refractivity contribution in [2.45, 2.75) is 25.8 Å². The summed E-state index contributed by atoms with van der Waals surface area (Å²) in [4.78, 5) is 0. The van der Waals surface area contributed by atoms with Crippen LogP contribution in [0.25, 0.3) is 0 Å². The van der Waals surface area contributed by atoms with Crippen LogP contribution in [0, 0.1) is 0 Å². The van der Waals surface area contributed by atoms with E-state index in [0.717, 1.165) is 18.4 Å². The third-order valence-electron chi connectivity index (χ3n) is 2.13. The van der Waals surface area contributed by atoms with Crippen LogP contribution in [0.15, 0.2) is 18.2 Å². The molecule has 0 aliphatic carbocycles. The van der Waals surface area contributed by atoms with E-state index >= 15 is 0 Å². The van der Waals surface area contributed by atoms with Gasteiger partial charge in [-0.1, -0.05) is 6.07 Å². The van der Waals surface area contributed by atoms with E-state index in [9.17, 15) is 5.11 Å². The molecule has 0 spiro atoms. The normalized spacial score (nSPS) is 11.7. The molecule has 0 aromatic heterocycles. The molecule has 15 heavy (non-hydrogen) atoms. The maximum atomic E-state index is 9.36. The molecule has 3 N–H and O–H groups in total. The summed E-state index contributed by atoms with van der Waals surface area (Å²) in [7, 11) is 1.55. The van der Waals surface area contributed by atoms with E-state index in [-0.39, 0.29) is 24.2 Å². The monoisotopic (exact) mass is 230 g/mol. The Kier molecular flexibility index (Phi) is 6.13. The molecule has 0 amide bonds. The molecule has 3 nitrogen and oxygen atoms in total. The highest BCUT2D eigenvalue weighted by molar-refractivity contribution is 5.41. The fraction of sp³-hybridized carbons (Fsp3) is 0.455. The number of benzene rings is 1. The second-order valence-electron chi connectivity index (χ2n) is 3.52. The quantitative estimate of drug-likeness (QED) is 0.675. The summed E-state index contributed by atoms with van der Waals surface area (Å²) >= 11 is 0. The van der Waals surface area contributed by atoms with Crippen LogP contribution in [0.3, 0.4) is 0 Å². The van der Waals surface area contributed by atoms with Crippen molar-refractivity contribution in [3.05, 3.63) is 23.8 Å². The minimum absolute atomic E-state index is 0. The fourth-order valence-corrected chi connectivity index (χ4v) is 1.27. The Bertz CT molecular complexity index is 303. The summed E-state index contributed by atoms with van der Waals surface area (Å²) < 4.78 is 5.01. The van der Waals surface area contributed by atoms with Crippen molar-refractivity contribution < 1.29 is 22.3 Å². The van der Waals surface area contributed by atoms with Gasteiger partial charge in [0, 0.05) is 6.04 Å². The van der Waals surface area contributed by atoms with Gasteiger partial charge in [-0.05, 0) is 37.5 Å². The molecule has 0 radical (unpaired) electrons. The molecule has 0 heterocycles. The van der Waals surface area contributed by atoms with Crippen LogP contribution < -0.4 is 22.9 Å². The number of halogens is 1. The third-order valence-corrected chi connectivity index (χ3v) is 2.13. The summed E-state index contributed by atoms with van der Waals surface area (Å²) in [5, 5.41) is 9.36. The summed E-state index contributed by atoms with van der Waals surface area (Å²) in [6.07, 6.45) is 1.85.